The molecule has 21 heavy (non-hydrogen) atoms. The second-order valence-electron chi connectivity index (χ2n) is 5.46. The van der Waals surface area contributed by atoms with Crippen molar-refractivity contribution in [3.63, 3.8) is 0 Å². The van der Waals surface area contributed by atoms with Crippen LogP contribution in [-0.4, -0.2) is 25.6 Å². The van der Waals surface area contributed by atoms with Gasteiger partial charge in [-0.15, -0.1) is 0 Å². The van der Waals surface area contributed by atoms with Gasteiger partial charge in [-0.05, 0) is 50.4 Å². The number of nitrogens with one attached hydrogen (secondary N) is 2. The van der Waals surface area contributed by atoms with Crippen molar-refractivity contribution in [3.8, 4) is 5.75 Å². The second kappa shape index (κ2) is 8.67. The first-order valence-electron chi connectivity index (χ1n) is 7.68. The summed E-state index contributed by atoms with van der Waals surface area (Å²) in [5, 5.41) is 6.12. The van der Waals surface area contributed by atoms with Gasteiger partial charge in [0.1, 0.15) is 5.75 Å². The molecule has 0 fully saturated rings. The molecule has 118 valence electrons. The van der Waals surface area contributed by atoms with Crippen LogP contribution in [0, 0.1) is 13.8 Å². The number of benzene rings is 1. The molecule has 0 aliphatic heterocycles. The second-order valence-corrected chi connectivity index (χ2v) is 5.46. The zero-order valence-electron chi connectivity index (χ0n) is 13.9. The van der Waals surface area contributed by atoms with E-state index in [2.05, 4.69) is 36.6 Å². The average molecular weight is 292 g/mol. The molecule has 1 amide bonds. The largest absolute Gasteiger partial charge is 0.483 e. The van der Waals surface area contributed by atoms with Crippen molar-refractivity contribution in [3.05, 3.63) is 28.8 Å². The average Bonchev–Trinajstić information content (AvgIpc) is 2.44. The number of hydrogen-bond donors (Lipinski definition) is 2. The van der Waals surface area contributed by atoms with Crippen LogP contribution in [0.15, 0.2) is 12.1 Å². The third-order valence-electron chi connectivity index (χ3n) is 3.60. The Morgan fingerprint density at radius 3 is 2.24 bits per heavy atom. The summed E-state index contributed by atoms with van der Waals surface area (Å²) in [6, 6.07) is 4.43. The fraction of sp³-hybridized carbons (Fsp3) is 0.588. The van der Waals surface area contributed by atoms with Crippen molar-refractivity contribution in [2.24, 2.45) is 0 Å². The van der Waals surface area contributed by atoms with Gasteiger partial charge in [0.2, 0.25) is 0 Å². The van der Waals surface area contributed by atoms with E-state index in [9.17, 15) is 4.79 Å². The molecular formula is C17H28N2O2. The molecule has 0 atom stereocenters. The van der Waals surface area contributed by atoms with Crippen molar-refractivity contribution in [2.75, 3.05) is 13.7 Å². The molecule has 1 aromatic carbocycles. The number of ether oxygens (including phenoxy) is 1. The molecule has 2 N–H and O–H groups in total. The van der Waals surface area contributed by atoms with E-state index in [0.29, 0.717) is 0 Å². The van der Waals surface area contributed by atoms with Crippen LogP contribution in [-0.2, 0) is 11.3 Å². The highest BCUT2D eigenvalue weighted by molar-refractivity contribution is 5.77. The molecule has 0 saturated carbocycles. The van der Waals surface area contributed by atoms with E-state index in [-0.39, 0.29) is 18.6 Å². The van der Waals surface area contributed by atoms with E-state index in [4.69, 9.17) is 4.74 Å². The van der Waals surface area contributed by atoms with Gasteiger partial charge in [-0.1, -0.05) is 26.0 Å². The summed E-state index contributed by atoms with van der Waals surface area (Å²) < 4.78 is 5.72. The fourth-order valence-corrected chi connectivity index (χ4v) is 2.47. The number of amides is 1. The molecule has 4 heteroatoms. The lowest BCUT2D eigenvalue weighted by Gasteiger charge is -2.17. The van der Waals surface area contributed by atoms with Gasteiger partial charge in [-0.3, -0.25) is 4.79 Å². The molecule has 1 rings (SSSR count). The predicted octanol–water partition coefficient (Wildman–Crippen LogP) is 2.71. The van der Waals surface area contributed by atoms with Gasteiger partial charge in [0, 0.05) is 12.6 Å². The van der Waals surface area contributed by atoms with Crippen molar-refractivity contribution in [2.45, 2.75) is 53.1 Å². The summed E-state index contributed by atoms with van der Waals surface area (Å²) in [5.74, 6) is 0.761. The van der Waals surface area contributed by atoms with Gasteiger partial charge < -0.3 is 15.4 Å². The van der Waals surface area contributed by atoms with Gasteiger partial charge in [-0.2, -0.15) is 0 Å². The normalized spacial score (nSPS) is 10.8. The van der Waals surface area contributed by atoms with Gasteiger partial charge in [-0.25, -0.2) is 0 Å². The van der Waals surface area contributed by atoms with Gasteiger partial charge >= 0.3 is 0 Å². The molecule has 0 bridgehead atoms. The maximum atomic E-state index is 11.9. The summed E-state index contributed by atoms with van der Waals surface area (Å²) in [6.45, 7) is 9.08. The van der Waals surface area contributed by atoms with E-state index in [1.54, 1.807) is 0 Å². The summed E-state index contributed by atoms with van der Waals surface area (Å²) >= 11 is 0. The first kappa shape index (κ1) is 17.5. The summed E-state index contributed by atoms with van der Waals surface area (Å²) in [7, 11) is 1.93. The summed E-state index contributed by atoms with van der Waals surface area (Å²) in [6.07, 6.45) is 1.89. The Balaban J connectivity index is 2.65. The standard InChI is InChI=1S/C17H28N2O2/c1-6-15(7-2)19-16(20)11-21-17-12(3)8-14(10-18-5)9-13(17)4/h8-9,15,18H,6-7,10-11H2,1-5H3,(H,19,20). The molecule has 4 nitrogen and oxygen atoms in total. The Bertz CT molecular complexity index is 445. The summed E-state index contributed by atoms with van der Waals surface area (Å²) in [5.41, 5.74) is 3.35. The first-order valence-corrected chi connectivity index (χ1v) is 7.68. The lowest BCUT2D eigenvalue weighted by atomic mass is 10.1. The molecule has 0 spiro atoms. The predicted molar refractivity (Wildman–Crippen MR) is 86.7 cm³/mol. The van der Waals surface area contributed by atoms with Crippen molar-refractivity contribution in [1.29, 1.82) is 0 Å². The molecule has 0 aromatic heterocycles. The topological polar surface area (TPSA) is 50.4 Å². The van der Waals surface area contributed by atoms with Gasteiger partial charge in [0.15, 0.2) is 6.61 Å². The van der Waals surface area contributed by atoms with E-state index < -0.39 is 0 Å². The van der Waals surface area contributed by atoms with Crippen molar-refractivity contribution in [1.82, 2.24) is 10.6 Å². The van der Waals surface area contributed by atoms with Crippen LogP contribution in [0.1, 0.15) is 43.4 Å². The number of aryl methyl sites for hydroxylation is 2. The molecule has 0 radical (unpaired) electrons. The minimum absolute atomic E-state index is 0.0539. The highest BCUT2D eigenvalue weighted by Crippen LogP contribution is 2.24. The van der Waals surface area contributed by atoms with Crippen LogP contribution in [0.3, 0.4) is 0 Å². The van der Waals surface area contributed by atoms with Crippen molar-refractivity contribution < 1.29 is 9.53 Å². The number of rotatable bonds is 8. The maximum absolute atomic E-state index is 11.9. The molecule has 1 aromatic rings. The number of hydrogen-bond acceptors (Lipinski definition) is 3. The Kier molecular flexibility index (Phi) is 7.23. The monoisotopic (exact) mass is 292 g/mol. The van der Waals surface area contributed by atoms with E-state index in [1.165, 1.54) is 5.56 Å². The Morgan fingerprint density at radius 2 is 1.76 bits per heavy atom. The number of carbonyl (C=O) groups excluding carboxylic acids is 1. The summed E-state index contributed by atoms with van der Waals surface area (Å²) in [4.78, 5) is 11.9. The van der Waals surface area contributed by atoms with Crippen LogP contribution >= 0.6 is 0 Å². The molecule has 0 heterocycles. The van der Waals surface area contributed by atoms with E-state index in [0.717, 1.165) is 36.3 Å². The first-order chi connectivity index (χ1) is 10.0. The lowest BCUT2D eigenvalue weighted by Crippen LogP contribution is -2.37. The van der Waals surface area contributed by atoms with Crippen LogP contribution in [0.25, 0.3) is 0 Å². The maximum Gasteiger partial charge on any atom is 0.258 e. The van der Waals surface area contributed by atoms with Crippen LogP contribution < -0.4 is 15.4 Å². The Labute approximate surface area is 128 Å². The third kappa shape index (κ3) is 5.38. The van der Waals surface area contributed by atoms with Crippen LogP contribution in [0.5, 0.6) is 5.75 Å². The fourth-order valence-electron chi connectivity index (χ4n) is 2.47. The van der Waals surface area contributed by atoms with E-state index >= 15 is 0 Å². The quantitative estimate of drug-likeness (QED) is 0.774. The van der Waals surface area contributed by atoms with Gasteiger partial charge in [0.05, 0.1) is 0 Å². The van der Waals surface area contributed by atoms with E-state index in [1.807, 2.05) is 20.9 Å². The molecular weight excluding hydrogens is 264 g/mol. The third-order valence-corrected chi connectivity index (χ3v) is 3.60. The number of carbonyl (C=O) groups is 1. The molecule has 0 saturated heterocycles. The molecule has 0 aliphatic carbocycles. The SMILES string of the molecule is CCC(CC)NC(=O)COc1c(C)cc(CNC)cc1C. The lowest BCUT2D eigenvalue weighted by molar-refractivity contribution is -0.123. The van der Waals surface area contributed by atoms with Gasteiger partial charge in [0.25, 0.3) is 5.91 Å². The van der Waals surface area contributed by atoms with Crippen molar-refractivity contribution >= 4 is 5.91 Å². The molecule has 0 aliphatic rings. The molecule has 0 unspecified atom stereocenters. The highest BCUT2D eigenvalue weighted by atomic mass is 16.5. The van der Waals surface area contributed by atoms with Crippen LogP contribution in [0.2, 0.25) is 0 Å². The Hall–Kier alpha value is -1.55. The minimum atomic E-state index is -0.0539. The zero-order valence-corrected chi connectivity index (χ0v) is 13.9. The Morgan fingerprint density at radius 1 is 1.19 bits per heavy atom. The smallest absolute Gasteiger partial charge is 0.258 e. The zero-order chi connectivity index (χ0) is 15.8. The van der Waals surface area contributed by atoms with Crippen LogP contribution in [0.4, 0.5) is 0 Å². The minimum Gasteiger partial charge on any atom is -0.483 e. The highest BCUT2D eigenvalue weighted by Gasteiger charge is 2.11.